The van der Waals surface area contributed by atoms with Crippen LogP contribution in [0.15, 0.2) is 24.3 Å². The molecule has 0 bridgehead atoms. The van der Waals surface area contributed by atoms with Crippen LogP contribution in [0.5, 0.6) is 5.75 Å². The van der Waals surface area contributed by atoms with Crippen LogP contribution in [0, 0.1) is 0 Å². The zero-order chi connectivity index (χ0) is 9.68. The molecule has 0 spiro atoms. The van der Waals surface area contributed by atoms with E-state index in [9.17, 15) is 5.11 Å². The van der Waals surface area contributed by atoms with Crippen LogP contribution in [0.1, 0.15) is 19.4 Å². The molecule has 0 aliphatic heterocycles. The molecule has 2 nitrogen and oxygen atoms in total. The molecule has 0 unspecified atom stereocenters. The molecule has 1 rings (SSSR count). The molecular formula is C11H16O2. The van der Waals surface area contributed by atoms with E-state index in [2.05, 4.69) is 0 Å². The minimum absolute atomic E-state index is 0.295. The lowest BCUT2D eigenvalue weighted by molar-refractivity contribution is 0.195. The highest BCUT2D eigenvalue weighted by Crippen LogP contribution is 2.14. The first-order valence-corrected chi connectivity index (χ1v) is 4.62. The monoisotopic (exact) mass is 180 g/mol. The molecule has 0 fully saturated rings. The van der Waals surface area contributed by atoms with Gasteiger partial charge >= 0.3 is 0 Å². The van der Waals surface area contributed by atoms with Crippen molar-refractivity contribution < 1.29 is 9.84 Å². The molecule has 0 aliphatic carbocycles. The minimum Gasteiger partial charge on any atom is -0.494 e. The molecule has 0 heterocycles. The fourth-order valence-corrected chi connectivity index (χ4v) is 1.27. The number of benzene rings is 1. The molecule has 72 valence electrons. The van der Waals surface area contributed by atoms with Crippen molar-refractivity contribution in [2.45, 2.75) is 26.4 Å². The molecule has 0 saturated heterocycles. The van der Waals surface area contributed by atoms with Crippen LogP contribution < -0.4 is 4.74 Å². The fraction of sp³-hybridized carbons (Fsp3) is 0.455. The summed E-state index contributed by atoms with van der Waals surface area (Å²) in [5.41, 5.74) is 1.11. The molecule has 1 aromatic rings. The summed E-state index contributed by atoms with van der Waals surface area (Å²) in [6.45, 7) is 4.42. The second kappa shape index (κ2) is 4.87. The van der Waals surface area contributed by atoms with E-state index in [1.165, 1.54) is 0 Å². The van der Waals surface area contributed by atoms with Crippen molar-refractivity contribution in [1.82, 2.24) is 0 Å². The van der Waals surface area contributed by atoms with Gasteiger partial charge in [-0.05, 0) is 38.0 Å². The number of aliphatic hydroxyl groups is 1. The molecule has 2 heteroatoms. The third-order valence-corrected chi connectivity index (χ3v) is 1.74. The molecule has 1 atom stereocenters. The molecular weight excluding hydrogens is 164 g/mol. The Morgan fingerprint density at radius 3 is 2.85 bits per heavy atom. The zero-order valence-electron chi connectivity index (χ0n) is 8.16. The van der Waals surface area contributed by atoms with Crippen molar-refractivity contribution in [1.29, 1.82) is 0 Å². The Morgan fingerprint density at radius 1 is 1.46 bits per heavy atom. The van der Waals surface area contributed by atoms with E-state index >= 15 is 0 Å². The largest absolute Gasteiger partial charge is 0.494 e. The summed E-state index contributed by atoms with van der Waals surface area (Å²) in [7, 11) is 0. The van der Waals surface area contributed by atoms with Gasteiger partial charge in [-0.2, -0.15) is 0 Å². The van der Waals surface area contributed by atoms with Gasteiger partial charge in [0.1, 0.15) is 5.75 Å². The first-order valence-electron chi connectivity index (χ1n) is 4.62. The smallest absolute Gasteiger partial charge is 0.119 e. The summed E-state index contributed by atoms with van der Waals surface area (Å²) in [4.78, 5) is 0. The third-order valence-electron chi connectivity index (χ3n) is 1.74. The molecule has 0 amide bonds. The van der Waals surface area contributed by atoms with Gasteiger partial charge in [0.25, 0.3) is 0 Å². The van der Waals surface area contributed by atoms with Crippen LogP contribution in [0.25, 0.3) is 0 Å². The molecule has 0 saturated carbocycles. The van der Waals surface area contributed by atoms with Gasteiger partial charge in [-0.25, -0.2) is 0 Å². The maximum Gasteiger partial charge on any atom is 0.119 e. The number of ether oxygens (including phenoxy) is 1. The lowest BCUT2D eigenvalue weighted by atomic mass is 10.1. The number of rotatable bonds is 4. The average molecular weight is 180 g/mol. The van der Waals surface area contributed by atoms with Gasteiger partial charge in [0.15, 0.2) is 0 Å². The molecule has 0 aliphatic rings. The van der Waals surface area contributed by atoms with Crippen molar-refractivity contribution in [3.63, 3.8) is 0 Å². The Kier molecular flexibility index (Phi) is 3.77. The van der Waals surface area contributed by atoms with E-state index in [1.54, 1.807) is 6.92 Å². The minimum atomic E-state index is -0.295. The summed E-state index contributed by atoms with van der Waals surface area (Å²) in [6, 6.07) is 7.84. The molecule has 13 heavy (non-hydrogen) atoms. The maximum absolute atomic E-state index is 9.19. The summed E-state index contributed by atoms with van der Waals surface area (Å²) < 4.78 is 5.35. The summed E-state index contributed by atoms with van der Waals surface area (Å²) >= 11 is 0. The first kappa shape index (κ1) is 10.1. The van der Waals surface area contributed by atoms with Crippen LogP contribution in [0.2, 0.25) is 0 Å². The molecule has 1 aromatic carbocycles. The fourth-order valence-electron chi connectivity index (χ4n) is 1.27. The summed E-state index contributed by atoms with van der Waals surface area (Å²) in [5, 5.41) is 9.19. The Bertz CT molecular complexity index is 256. The van der Waals surface area contributed by atoms with Gasteiger partial charge in [-0.1, -0.05) is 12.1 Å². The Morgan fingerprint density at radius 2 is 2.23 bits per heavy atom. The van der Waals surface area contributed by atoms with E-state index in [-0.39, 0.29) is 6.10 Å². The lowest BCUT2D eigenvalue weighted by Gasteiger charge is -2.07. The van der Waals surface area contributed by atoms with E-state index < -0.39 is 0 Å². The van der Waals surface area contributed by atoms with E-state index in [1.807, 2.05) is 31.2 Å². The van der Waals surface area contributed by atoms with Crippen LogP contribution in [-0.2, 0) is 6.42 Å². The number of aliphatic hydroxyl groups excluding tert-OH is 1. The van der Waals surface area contributed by atoms with Crippen molar-refractivity contribution in [2.75, 3.05) is 6.61 Å². The van der Waals surface area contributed by atoms with Crippen LogP contribution in [-0.4, -0.2) is 17.8 Å². The number of hydrogen-bond acceptors (Lipinski definition) is 2. The van der Waals surface area contributed by atoms with E-state index in [0.717, 1.165) is 11.3 Å². The highest BCUT2D eigenvalue weighted by atomic mass is 16.5. The van der Waals surface area contributed by atoms with Gasteiger partial charge in [-0.3, -0.25) is 0 Å². The second-order valence-corrected chi connectivity index (χ2v) is 3.13. The van der Waals surface area contributed by atoms with Crippen LogP contribution in [0.4, 0.5) is 0 Å². The molecule has 0 aromatic heterocycles. The third kappa shape index (κ3) is 3.47. The van der Waals surface area contributed by atoms with Crippen molar-refractivity contribution in [3.05, 3.63) is 29.8 Å². The molecule has 0 radical (unpaired) electrons. The zero-order valence-corrected chi connectivity index (χ0v) is 8.16. The Labute approximate surface area is 79.2 Å². The highest BCUT2D eigenvalue weighted by Gasteiger charge is 2.00. The summed E-state index contributed by atoms with van der Waals surface area (Å²) in [5.74, 6) is 0.876. The topological polar surface area (TPSA) is 29.5 Å². The predicted molar refractivity (Wildman–Crippen MR) is 53.0 cm³/mol. The predicted octanol–water partition coefficient (Wildman–Crippen LogP) is 2.01. The average Bonchev–Trinajstić information content (AvgIpc) is 2.04. The van der Waals surface area contributed by atoms with Gasteiger partial charge in [0.2, 0.25) is 0 Å². The normalized spacial score (nSPS) is 12.5. The van der Waals surface area contributed by atoms with E-state index in [0.29, 0.717) is 13.0 Å². The lowest BCUT2D eigenvalue weighted by Crippen LogP contribution is -2.04. The second-order valence-electron chi connectivity index (χ2n) is 3.13. The van der Waals surface area contributed by atoms with Crippen LogP contribution >= 0.6 is 0 Å². The highest BCUT2D eigenvalue weighted by molar-refractivity contribution is 5.28. The van der Waals surface area contributed by atoms with Crippen molar-refractivity contribution in [3.8, 4) is 5.75 Å². The first-order chi connectivity index (χ1) is 6.22. The quantitative estimate of drug-likeness (QED) is 0.768. The van der Waals surface area contributed by atoms with Crippen molar-refractivity contribution >= 4 is 0 Å². The van der Waals surface area contributed by atoms with Gasteiger partial charge < -0.3 is 9.84 Å². The Balaban J connectivity index is 2.67. The van der Waals surface area contributed by atoms with Crippen LogP contribution in [0.3, 0.4) is 0 Å². The standard InChI is InChI=1S/C11H16O2/c1-3-13-11-6-4-5-10(8-11)7-9(2)12/h4-6,8-9,12H,3,7H2,1-2H3/t9-/m1/s1. The van der Waals surface area contributed by atoms with Gasteiger partial charge in [0, 0.05) is 0 Å². The van der Waals surface area contributed by atoms with Gasteiger partial charge in [0.05, 0.1) is 12.7 Å². The SMILES string of the molecule is CCOc1cccc(C[C@@H](C)O)c1. The number of hydrogen-bond donors (Lipinski definition) is 1. The Hall–Kier alpha value is -1.02. The maximum atomic E-state index is 9.19. The summed E-state index contributed by atoms with van der Waals surface area (Å²) in [6.07, 6.45) is 0.387. The molecule has 1 N–H and O–H groups in total. The van der Waals surface area contributed by atoms with Gasteiger partial charge in [-0.15, -0.1) is 0 Å². The van der Waals surface area contributed by atoms with E-state index in [4.69, 9.17) is 4.74 Å². The van der Waals surface area contributed by atoms with Crippen molar-refractivity contribution in [2.24, 2.45) is 0 Å².